The SMILES string of the molecule is C=C1CN(C(=O)OC(C)(C)C)CC(CC(F)(F)F)N1/C(=C\CCCC)C(=O)OCC. The Balaban J connectivity index is 3.25. The summed E-state index contributed by atoms with van der Waals surface area (Å²) in [6.45, 7) is 12.3. The molecule has 1 unspecified atom stereocenters. The largest absolute Gasteiger partial charge is 0.461 e. The molecule has 0 saturated carbocycles. The molecule has 1 fully saturated rings. The van der Waals surface area contributed by atoms with E-state index in [1.165, 1.54) is 9.80 Å². The number of hydrogen-bond acceptors (Lipinski definition) is 5. The van der Waals surface area contributed by atoms with Gasteiger partial charge in [-0.2, -0.15) is 13.2 Å². The lowest BCUT2D eigenvalue weighted by molar-refractivity contribution is -0.152. The molecule has 0 N–H and O–H groups in total. The van der Waals surface area contributed by atoms with Crippen LogP contribution >= 0.6 is 0 Å². The Hall–Kier alpha value is -2.19. The molecule has 1 aliphatic rings. The first kappa shape index (κ1) is 25.8. The molecule has 1 rings (SSSR count). The number of rotatable bonds is 7. The van der Waals surface area contributed by atoms with Gasteiger partial charge in [-0.1, -0.05) is 26.0 Å². The van der Waals surface area contributed by atoms with Crippen LogP contribution < -0.4 is 0 Å². The van der Waals surface area contributed by atoms with Gasteiger partial charge in [0.05, 0.1) is 25.6 Å². The number of hydrogen-bond donors (Lipinski definition) is 0. The van der Waals surface area contributed by atoms with Crippen LogP contribution in [0.1, 0.15) is 60.3 Å². The van der Waals surface area contributed by atoms with E-state index in [4.69, 9.17) is 9.47 Å². The van der Waals surface area contributed by atoms with E-state index < -0.39 is 36.3 Å². The summed E-state index contributed by atoms with van der Waals surface area (Å²) >= 11 is 0. The number of amides is 1. The van der Waals surface area contributed by atoms with Crippen LogP contribution in [0.5, 0.6) is 0 Å². The molecule has 1 aliphatic heterocycles. The lowest BCUT2D eigenvalue weighted by Crippen LogP contribution is -2.55. The second-order valence-electron chi connectivity index (χ2n) is 8.22. The van der Waals surface area contributed by atoms with Crippen LogP contribution in [-0.4, -0.2) is 59.4 Å². The molecule has 1 atom stereocenters. The molecule has 30 heavy (non-hydrogen) atoms. The summed E-state index contributed by atoms with van der Waals surface area (Å²) in [4.78, 5) is 27.5. The molecule has 0 aromatic carbocycles. The molecule has 0 radical (unpaired) electrons. The van der Waals surface area contributed by atoms with Crippen molar-refractivity contribution in [2.45, 2.75) is 78.1 Å². The molecule has 6 nitrogen and oxygen atoms in total. The number of piperazine rings is 1. The monoisotopic (exact) mass is 434 g/mol. The number of ether oxygens (including phenoxy) is 2. The fourth-order valence-corrected chi connectivity index (χ4v) is 3.14. The summed E-state index contributed by atoms with van der Waals surface area (Å²) in [6.07, 6.45) is -2.67. The predicted octanol–water partition coefficient (Wildman–Crippen LogP) is 5.01. The average Bonchev–Trinajstić information content (AvgIpc) is 2.57. The van der Waals surface area contributed by atoms with Gasteiger partial charge in [0, 0.05) is 12.2 Å². The van der Waals surface area contributed by atoms with Gasteiger partial charge in [-0.3, -0.25) is 0 Å². The standard InChI is InChI=1S/C21H33F3N2O4/c1-7-9-10-11-17(18(27)29-8-2)26-15(3)13-25(19(28)30-20(4,5)6)14-16(26)12-21(22,23)24/h11,16H,3,7-10,12-14H2,1-2,4-6H3/b17-11-. The molecule has 172 valence electrons. The number of carbonyl (C=O) groups excluding carboxylic acids is 2. The van der Waals surface area contributed by atoms with E-state index in [2.05, 4.69) is 6.58 Å². The predicted molar refractivity (Wildman–Crippen MR) is 107 cm³/mol. The van der Waals surface area contributed by atoms with E-state index in [9.17, 15) is 22.8 Å². The van der Waals surface area contributed by atoms with Crippen molar-refractivity contribution in [3.05, 3.63) is 24.0 Å². The van der Waals surface area contributed by atoms with Crippen LogP contribution in [-0.2, 0) is 14.3 Å². The van der Waals surface area contributed by atoms with Gasteiger partial charge in [0.25, 0.3) is 0 Å². The third kappa shape index (κ3) is 8.28. The second kappa shape index (κ2) is 10.7. The Morgan fingerprint density at radius 3 is 2.37 bits per heavy atom. The Kier molecular flexibility index (Phi) is 9.24. The van der Waals surface area contributed by atoms with Crippen LogP contribution in [0.25, 0.3) is 0 Å². The molecule has 1 amide bonds. The average molecular weight is 434 g/mol. The lowest BCUT2D eigenvalue weighted by atomic mass is 10.0. The van der Waals surface area contributed by atoms with Crippen molar-refractivity contribution in [3.8, 4) is 0 Å². The minimum absolute atomic E-state index is 0.0355. The first-order valence-electron chi connectivity index (χ1n) is 10.2. The quantitative estimate of drug-likeness (QED) is 0.320. The molecule has 0 aromatic heterocycles. The van der Waals surface area contributed by atoms with Crippen LogP contribution in [0.2, 0.25) is 0 Å². The van der Waals surface area contributed by atoms with Crippen LogP contribution in [0.3, 0.4) is 0 Å². The summed E-state index contributed by atoms with van der Waals surface area (Å²) in [5, 5.41) is 0. The number of nitrogens with zero attached hydrogens (tertiary/aromatic N) is 2. The highest BCUT2D eigenvalue weighted by molar-refractivity contribution is 5.88. The molecule has 0 aliphatic carbocycles. The first-order valence-corrected chi connectivity index (χ1v) is 10.2. The molecule has 0 aromatic rings. The van der Waals surface area contributed by atoms with Crippen molar-refractivity contribution in [3.63, 3.8) is 0 Å². The van der Waals surface area contributed by atoms with Crippen LogP contribution in [0.4, 0.5) is 18.0 Å². The van der Waals surface area contributed by atoms with E-state index in [1.54, 1.807) is 33.8 Å². The summed E-state index contributed by atoms with van der Waals surface area (Å²) in [5.74, 6) is -0.701. The Morgan fingerprint density at radius 2 is 1.87 bits per heavy atom. The number of allylic oxidation sites excluding steroid dienone is 1. The van der Waals surface area contributed by atoms with Gasteiger partial charge < -0.3 is 19.3 Å². The maximum atomic E-state index is 13.3. The van der Waals surface area contributed by atoms with Crippen LogP contribution in [0.15, 0.2) is 24.0 Å². The summed E-state index contributed by atoms with van der Waals surface area (Å²) in [6, 6.07) is -1.21. The van der Waals surface area contributed by atoms with Crippen molar-refractivity contribution < 1.29 is 32.2 Å². The lowest BCUT2D eigenvalue weighted by Gasteiger charge is -2.44. The van der Waals surface area contributed by atoms with Crippen molar-refractivity contribution in [1.82, 2.24) is 9.80 Å². The number of esters is 1. The third-order valence-electron chi connectivity index (χ3n) is 4.27. The number of halogens is 3. The van der Waals surface area contributed by atoms with Gasteiger partial charge >= 0.3 is 18.2 Å². The maximum absolute atomic E-state index is 13.3. The normalized spacial score (nSPS) is 18.5. The number of unbranched alkanes of at least 4 members (excludes halogenated alkanes) is 2. The Bertz CT molecular complexity index is 654. The first-order chi connectivity index (χ1) is 13.8. The molecule has 0 spiro atoms. The number of alkyl halides is 3. The van der Waals surface area contributed by atoms with Gasteiger partial charge in [-0.15, -0.1) is 0 Å². The zero-order valence-corrected chi connectivity index (χ0v) is 18.5. The highest BCUT2D eigenvalue weighted by Gasteiger charge is 2.42. The van der Waals surface area contributed by atoms with Crippen molar-refractivity contribution >= 4 is 12.1 Å². The van der Waals surface area contributed by atoms with E-state index in [0.29, 0.717) is 6.42 Å². The summed E-state index contributed by atoms with van der Waals surface area (Å²) in [5.41, 5.74) is -0.545. The van der Waals surface area contributed by atoms with Gasteiger partial charge in [0.2, 0.25) is 0 Å². The van der Waals surface area contributed by atoms with Crippen molar-refractivity contribution in [2.75, 3.05) is 19.7 Å². The molecule has 0 bridgehead atoms. The fourth-order valence-electron chi connectivity index (χ4n) is 3.14. The number of carbonyl (C=O) groups is 2. The summed E-state index contributed by atoms with van der Waals surface area (Å²) in [7, 11) is 0. The molecule has 1 heterocycles. The zero-order valence-electron chi connectivity index (χ0n) is 18.5. The second-order valence-corrected chi connectivity index (χ2v) is 8.22. The maximum Gasteiger partial charge on any atom is 0.410 e. The topological polar surface area (TPSA) is 59.1 Å². The fraction of sp³-hybridized carbons (Fsp3) is 0.714. The summed E-state index contributed by atoms with van der Waals surface area (Å²) < 4.78 is 50.4. The molecule has 1 saturated heterocycles. The Labute approximate surface area is 176 Å². The third-order valence-corrected chi connectivity index (χ3v) is 4.27. The minimum Gasteiger partial charge on any atom is -0.461 e. The van der Waals surface area contributed by atoms with Gasteiger partial charge in [-0.05, 0) is 40.5 Å². The van der Waals surface area contributed by atoms with E-state index >= 15 is 0 Å². The van der Waals surface area contributed by atoms with E-state index in [1.807, 2.05) is 6.92 Å². The zero-order chi connectivity index (χ0) is 23.1. The molecule has 9 heteroatoms. The van der Waals surface area contributed by atoms with Crippen LogP contribution in [0, 0.1) is 0 Å². The van der Waals surface area contributed by atoms with Gasteiger partial charge in [0.15, 0.2) is 0 Å². The van der Waals surface area contributed by atoms with Gasteiger partial charge in [-0.25, -0.2) is 9.59 Å². The molecular formula is C21H33F3N2O4. The van der Waals surface area contributed by atoms with E-state index in [0.717, 1.165) is 12.8 Å². The Morgan fingerprint density at radius 1 is 1.23 bits per heavy atom. The minimum atomic E-state index is -4.50. The van der Waals surface area contributed by atoms with Crippen molar-refractivity contribution in [1.29, 1.82) is 0 Å². The highest BCUT2D eigenvalue weighted by atomic mass is 19.4. The molecular weight excluding hydrogens is 401 g/mol. The highest BCUT2D eigenvalue weighted by Crippen LogP contribution is 2.33. The smallest absolute Gasteiger partial charge is 0.410 e. The van der Waals surface area contributed by atoms with Crippen molar-refractivity contribution in [2.24, 2.45) is 0 Å². The van der Waals surface area contributed by atoms with Gasteiger partial charge in [0.1, 0.15) is 11.3 Å². The van der Waals surface area contributed by atoms with E-state index in [-0.39, 0.29) is 31.1 Å².